The first kappa shape index (κ1) is 15.0. The summed E-state index contributed by atoms with van der Waals surface area (Å²) < 4.78 is 11.2. The molecule has 4 heteroatoms. The maximum atomic E-state index is 11.1. The van der Waals surface area contributed by atoms with Crippen LogP contribution in [0.1, 0.15) is 32.7 Å². The Bertz CT molecular complexity index is 665. The van der Waals surface area contributed by atoms with Crippen molar-refractivity contribution in [1.29, 1.82) is 0 Å². The number of pyridine rings is 1. The summed E-state index contributed by atoms with van der Waals surface area (Å²) in [6.45, 7) is 6.12. The van der Waals surface area contributed by atoms with E-state index < -0.39 is 0 Å². The average molecular weight is 285 g/mol. The number of nitrogens with zero attached hydrogens (tertiary/aromatic N) is 1. The molecule has 0 saturated heterocycles. The molecule has 0 radical (unpaired) electrons. The van der Waals surface area contributed by atoms with Gasteiger partial charge >= 0.3 is 0 Å². The highest BCUT2D eigenvalue weighted by Gasteiger charge is 2.12. The van der Waals surface area contributed by atoms with Gasteiger partial charge in [0.25, 0.3) is 0 Å². The molecule has 0 spiro atoms. The van der Waals surface area contributed by atoms with Gasteiger partial charge in [-0.2, -0.15) is 0 Å². The summed E-state index contributed by atoms with van der Waals surface area (Å²) in [6.07, 6.45) is 2.57. The zero-order chi connectivity index (χ0) is 15.4. The topological polar surface area (TPSA) is 48.4 Å². The first-order valence-corrected chi connectivity index (χ1v) is 6.75. The fourth-order valence-corrected chi connectivity index (χ4v) is 2.32. The molecule has 0 atom stereocenters. The molecule has 0 bridgehead atoms. The fraction of sp³-hybridized carbons (Fsp3) is 0.294. The summed E-state index contributed by atoms with van der Waals surface area (Å²) in [5, 5.41) is 0. The van der Waals surface area contributed by atoms with Gasteiger partial charge in [-0.25, -0.2) is 0 Å². The van der Waals surface area contributed by atoms with E-state index >= 15 is 0 Å². The smallest absolute Gasteiger partial charge is 0.153 e. The third-order valence-corrected chi connectivity index (χ3v) is 3.47. The van der Waals surface area contributed by atoms with Crippen LogP contribution in [0.4, 0.5) is 0 Å². The first-order valence-electron chi connectivity index (χ1n) is 6.75. The third-order valence-electron chi connectivity index (χ3n) is 3.47. The van der Waals surface area contributed by atoms with Crippen LogP contribution in [0.25, 0.3) is 0 Å². The fourth-order valence-electron chi connectivity index (χ4n) is 2.32. The Kier molecular flexibility index (Phi) is 4.58. The minimum atomic E-state index is 0.300. The number of benzene rings is 1. The monoisotopic (exact) mass is 285 g/mol. The lowest BCUT2D eigenvalue weighted by Gasteiger charge is -2.14. The lowest BCUT2D eigenvalue weighted by molar-refractivity contribution is 0.111. The van der Waals surface area contributed by atoms with Crippen LogP contribution in [0.2, 0.25) is 0 Å². The summed E-state index contributed by atoms with van der Waals surface area (Å²) in [5.41, 5.74) is 4.22. The zero-order valence-electron chi connectivity index (χ0n) is 12.8. The van der Waals surface area contributed by atoms with Crippen molar-refractivity contribution in [2.75, 3.05) is 7.11 Å². The number of hydrogen-bond acceptors (Lipinski definition) is 4. The van der Waals surface area contributed by atoms with Gasteiger partial charge in [0.1, 0.15) is 18.1 Å². The second kappa shape index (κ2) is 6.39. The van der Waals surface area contributed by atoms with Crippen molar-refractivity contribution in [2.45, 2.75) is 27.4 Å². The molecular formula is C17H19NO3. The number of carbonyl (C=O) groups is 1. The largest absolute Gasteiger partial charge is 0.496 e. The SMILES string of the molecule is COc1c(C)cnc(COc2c(C)cccc2C=O)c1C. The molecule has 21 heavy (non-hydrogen) atoms. The molecule has 4 nitrogen and oxygen atoms in total. The lowest BCUT2D eigenvalue weighted by atomic mass is 10.1. The number of hydrogen-bond donors (Lipinski definition) is 0. The Balaban J connectivity index is 2.27. The van der Waals surface area contributed by atoms with Crippen molar-refractivity contribution in [1.82, 2.24) is 4.98 Å². The predicted molar refractivity (Wildman–Crippen MR) is 81.2 cm³/mol. The highest BCUT2D eigenvalue weighted by atomic mass is 16.5. The highest BCUT2D eigenvalue weighted by molar-refractivity contribution is 5.80. The Labute approximate surface area is 124 Å². The number of rotatable bonds is 5. The van der Waals surface area contributed by atoms with Crippen LogP contribution < -0.4 is 9.47 Å². The summed E-state index contributed by atoms with van der Waals surface area (Å²) in [6, 6.07) is 5.49. The van der Waals surface area contributed by atoms with Crippen molar-refractivity contribution in [3.63, 3.8) is 0 Å². The quantitative estimate of drug-likeness (QED) is 0.790. The maximum Gasteiger partial charge on any atom is 0.153 e. The van der Waals surface area contributed by atoms with Gasteiger partial charge in [0.15, 0.2) is 6.29 Å². The molecule has 0 N–H and O–H groups in total. The Morgan fingerprint density at radius 1 is 1.14 bits per heavy atom. The number of aromatic nitrogens is 1. The average Bonchev–Trinajstić information content (AvgIpc) is 2.48. The number of aldehydes is 1. The van der Waals surface area contributed by atoms with Gasteiger partial charge in [-0.05, 0) is 32.4 Å². The minimum Gasteiger partial charge on any atom is -0.496 e. The molecular weight excluding hydrogens is 266 g/mol. The molecule has 2 aromatic rings. The van der Waals surface area contributed by atoms with Gasteiger partial charge in [-0.3, -0.25) is 9.78 Å². The molecule has 1 aromatic carbocycles. The predicted octanol–water partition coefficient (Wildman–Crippen LogP) is 3.41. The molecule has 1 aromatic heterocycles. The van der Waals surface area contributed by atoms with Gasteiger partial charge in [0.05, 0.1) is 18.4 Å². The van der Waals surface area contributed by atoms with E-state index in [9.17, 15) is 4.79 Å². The van der Waals surface area contributed by atoms with Crippen LogP contribution in [0.15, 0.2) is 24.4 Å². The molecule has 0 saturated carbocycles. The van der Waals surface area contributed by atoms with Crippen LogP contribution in [-0.4, -0.2) is 18.4 Å². The summed E-state index contributed by atoms with van der Waals surface area (Å²) in [7, 11) is 1.64. The maximum absolute atomic E-state index is 11.1. The van der Waals surface area contributed by atoms with Crippen molar-refractivity contribution in [2.24, 2.45) is 0 Å². The van der Waals surface area contributed by atoms with E-state index in [0.717, 1.165) is 34.4 Å². The van der Waals surface area contributed by atoms with Crippen molar-refractivity contribution in [3.05, 3.63) is 52.3 Å². The van der Waals surface area contributed by atoms with Crippen molar-refractivity contribution in [3.8, 4) is 11.5 Å². The second-order valence-corrected chi connectivity index (χ2v) is 4.95. The molecule has 0 fully saturated rings. The third kappa shape index (κ3) is 3.05. The van der Waals surface area contributed by atoms with Gasteiger partial charge in [-0.15, -0.1) is 0 Å². The molecule has 2 rings (SSSR count). The van der Waals surface area contributed by atoms with E-state index in [4.69, 9.17) is 9.47 Å². The first-order chi connectivity index (χ1) is 10.1. The summed E-state index contributed by atoms with van der Waals surface area (Å²) >= 11 is 0. The number of ether oxygens (including phenoxy) is 2. The summed E-state index contributed by atoms with van der Waals surface area (Å²) in [4.78, 5) is 15.5. The number of carbonyl (C=O) groups excluding carboxylic acids is 1. The van der Waals surface area contributed by atoms with Crippen LogP contribution in [-0.2, 0) is 6.61 Å². The Hall–Kier alpha value is -2.36. The number of para-hydroxylation sites is 1. The molecule has 0 aliphatic carbocycles. The molecule has 0 aliphatic rings. The number of aryl methyl sites for hydroxylation is 2. The van der Waals surface area contributed by atoms with Crippen LogP contribution in [0, 0.1) is 20.8 Å². The van der Waals surface area contributed by atoms with Crippen LogP contribution >= 0.6 is 0 Å². The highest BCUT2D eigenvalue weighted by Crippen LogP contribution is 2.27. The lowest BCUT2D eigenvalue weighted by Crippen LogP contribution is -2.06. The number of methoxy groups -OCH3 is 1. The Morgan fingerprint density at radius 2 is 1.90 bits per heavy atom. The normalized spacial score (nSPS) is 10.3. The van der Waals surface area contributed by atoms with Gasteiger partial charge in [-0.1, -0.05) is 12.1 Å². The van der Waals surface area contributed by atoms with Crippen LogP contribution in [0.5, 0.6) is 11.5 Å². The van der Waals surface area contributed by atoms with Gasteiger partial charge < -0.3 is 9.47 Å². The zero-order valence-corrected chi connectivity index (χ0v) is 12.8. The van der Waals surface area contributed by atoms with Gasteiger partial charge in [0.2, 0.25) is 0 Å². The Morgan fingerprint density at radius 3 is 2.57 bits per heavy atom. The van der Waals surface area contributed by atoms with Crippen molar-refractivity contribution < 1.29 is 14.3 Å². The molecule has 0 amide bonds. The van der Waals surface area contributed by atoms with E-state index in [2.05, 4.69) is 4.98 Å². The standard InChI is InChI=1S/C17H19NO3/c1-11-6-5-7-14(9-19)17(11)21-10-15-13(3)16(20-4)12(2)8-18-15/h5-9H,10H2,1-4H3. The van der Waals surface area contributed by atoms with E-state index in [1.165, 1.54) is 0 Å². The van der Waals surface area contributed by atoms with E-state index in [1.54, 1.807) is 19.4 Å². The second-order valence-electron chi connectivity index (χ2n) is 4.95. The van der Waals surface area contributed by atoms with E-state index in [-0.39, 0.29) is 0 Å². The molecule has 0 unspecified atom stereocenters. The summed E-state index contributed by atoms with van der Waals surface area (Å²) in [5.74, 6) is 1.43. The van der Waals surface area contributed by atoms with E-state index in [0.29, 0.717) is 17.9 Å². The van der Waals surface area contributed by atoms with Crippen molar-refractivity contribution >= 4 is 6.29 Å². The minimum absolute atomic E-state index is 0.300. The van der Waals surface area contributed by atoms with E-state index in [1.807, 2.05) is 32.9 Å². The molecule has 110 valence electrons. The van der Waals surface area contributed by atoms with Crippen LogP contribution in [0.3, 0.4) is 0 Å². The molecule has 1 heterocycles. The van der Waals surface area contributed by atoms with Gasteiger partial charge in [0, 0.05) is 17.3 Å². The molecule has 0 aliphatic heterocycles.